The minimum absolute atomic E-state index is 0.300. The summed E-state index contributed by atoms with van der Waals surface area (Å²) in [4.78, 5) is 16.8. The van der Waals surface area contributed by atoms with Crippen molar-refractivity contribution < 1.29 is 4.79 Å². The number of piperazine rings is 1. The molecule has 1 aliphatic carbocycles. The van der Waals surface area contributed by atoms with Gasteiger partial charge in [-0.05, 0) is 12.8 Å². The first-order chi connectivity index (χ1) is 9.34. The molecular weight excluding hydrogens is 240 g/mol. The molecule has 1 amide bonds. The Bertz CT molecular complexity index is 403. The highest BCUT2D eigenvalue weighted by Crippen LogP contribution is 2.26. The molecule has 0 unspecified atom stereocenters. The maximum absolute atomic E-state index is 12.4. The van der Waals surface area contributed by atoms with Gasteiger partial charge in [-0.3, -0.25) is 9.89 Å². The first-order valence-corrected chi connectivity index (χ1v) is 7.37. The van der Waals surface area contributed by atoms with E-state index in [0.717, 1.165) is 44.7 Å². The Morgan fingerprint density at radius 2 is 1.89 bits per heavy atom. The Balaban J connectivity index is 1.53. The number of nitrogens with zero attached hydrogens (tertiary/aromatic N) is 3. The van der Waals surface area contributed by atoms with Crippen molar-refractivity contribution in [2.75, 3.05) is 31.1 Å². The quantitative estimate of drug-likeness (QED) is 0.881. The van der Waals surface area contributed by atoms with Gasteiger partial charge < -0.3 is 9.80 Å². The Hall–Kier alpha value is -1.52. The van der Waals surface area contributed by atoms with Crippen molar-refractivity contribution in [3.8, 4) is 0 Å². The topological polar surface area (TPSA) is 52.2 Å². The van der Waals surface area contributed by atoms with E-state index in [9.17, 15) is 4.79 Å². The average Bonchev–Trinajstić information content (AvgIpc) is 3.02. The van der Waals surface area contributed by atoms with Crippen LogP contribution < -0.4 is 4.90 Å². The van der Waals surface area contributed by atoms with E-state index in [1.807, 2.05) is 12.4 Å². The zero-order chi connectivity index (χ0) is 13.1. The van der Waals surface area contributed by atoms with Crippen LogP contribution in [0.1, 0.15) is 32.1 Å². The molecule has 2 heterocycles. The van der Waals surface area contributed by atoms with Gasteiger partial charge >= 0.3 is 0 Å². The Kier molecular flexibility index (Phi) is 3.71. The van der Waals surface area contributed by atoms with Crippen LogP contribution in [0.5, 0.6) is 0 Å². The second kappa shape index (κ2) is 5.63. The number of aromatic nitrogens is 2. The highest BCUT2D eigenvalue weighted by molar-refractivity contribution is 5.79. The zero-order valence-electron chi connectivity index (χ0n) is 11.3. The molecular formula is C14H22N4O. The minimum atomic E-state index is 0.300. The highest BCUT2D eigenvalue weighted by atomic mass is 16.2. The van der Waals surface area contributed by atoms with Crippen LogP contribution >= 0.6 is 0 Å². The monoisotopic (exact) mass is 262 g/mol. The third-order valence-electron chi connectivity index (χ3n) is 4.39. The zero-order valence-corrected chi connectivity index (χ0v) is 11.3. The molecule has 104 valence electrons. The van der Waals surface area contributed by atoms with E-state index >= 15 is 0 Å². The van der Waals surface area contributed by atoms with E-state index in [2.05, 4.69) is 20.0 Å². The molecule has 2 aliphatic rings. The van der Waals surface area contributed by atoms with Crippen LogP contribution in [0.15, 0.2) is 12.4 Å². The van der Waals surface area contributed by atoms with Gasteiger partial charge in [0.05, 0.1) is 11.9 Å². The van der Waals surface area contributed by atoms with Crippen LogP contribution in [0.4, 0.5) is 5.69 Å². The van der Waals surface area contributed by atoms with Gasteiger partial charge in [0.15, 0.2) is 0 Å². The fraction of sp³-hybridized carbons (Fsp3) is 0.714. The molecule has 1 N–H and O–H groups in total. The molecule has 0 bridgehead atoms. The molecule has 0 spiro atoms. The molecule has 1 saturated heterocycles. The lowest BCUT2D eigenvalue weighted by atomic mass is 9.88. The second-order valence-corrected chi connectivity index (χ2v) is 5.60. The highest BCUT2D eigenvalue weighted by Gasteiger charge is 2.28. The number of amides is 1. The lowest BCUT2D eigenvalue weighted by Crippen LogP contribution is -2.50. The van der Waals surface area contributed by atoms with Crippen molar-refractivity contribution in [2.45, 2.75) is 32.1 Å². The summed E-state index contributed by atoms with van der Waals surface area (Å²) >= 11 is 0. The summed E-state index contributed by atoms with van der Waals surface area (Å²) in [7, 11) is 0. The van der Waals surface area contributed by atoms with E-state index in [-0.39, 0.29) is 0 Å². The fourth-order valence-electron chi connectivity index (χ4n) is 3.21. The predicted octanol–water partition coefficient (Wildman–Crippen LogP) is 1.64. The summed E-state index contributed by atoms with van der Waals surface area (Å²) in [6, 6.07) is 0. The maximum Gasteiger partial charge on any atom is 0.225 e. The smallest absolute Gasteiger partial charge is 0.225 e. The minimum Gasteiger partial charge on any atom is -0.365 e. The molecule has 1 saturated carbocycles. The molecule has 3 rings (SSSR count). The molecule has 1 aliphatic heterocycles. The van der Waals surface area contributed by atoms with Gasteiger partial charge in [-0.25, -0.2) is 0 Å². The van der Waals surface area contributed by atoms with Crippen LogP contribution in [-0.4, -0.2) is 47.2 Å². The molecule has 1 aromatic heterocycles. The summed E-state index contributed by atoms with van der Waals surface area (Å²) in [6.45, 7) is 3.52. The number of hydrogen-bond acceptors (Lipinski definition) is 3. The van der Waals surface area contributed by atoms with E-state index in [1.54, 1.807) is 0 Å². The third kappa shape index (κ3) is 2.74. The van der Waals surface area contributed by atoms with Crippen molar-refractivity contribution in [3.05, 3.63) is 12.4 Å². The van der Waals surface area contributed by atoms with Gasteiger partial charge in [0.2, 0.25) is 5.91 Å². The van der Waals surface area contributed by atoms with E-state index < -0.39 is 0 Å². The first-order valence-electron chi connectivity index (χ1n) is 7.37. The van der Waals surface area contributed by atoms with E-state index in [0.29, 0.717) is 11.8 Å². The summed E-state index contributed by atoms with van der Waals surface area (Å²) in [5.74, 6) is 0.695. The Labute approximate surface area is 114 Å². The number of rotatable bonds is 2. The van der Waals surface area contributed by atoms with E-state index in [1.165, 1.54) is 19.3 Å². The number of carbonyl (C=O) groups excluding carboxylic acids is 1. The number of H-pyrrole nitrogens is 1. The molecule has 5 nitrogen and oxygen atoms in total. The molecule has 0 aromatic carbocycles. The molecule has 1 aromatic rings. The normalized spacial score (nSPS) is 21.7. The van der Waals surface area contributed by atoms with Crippen molar-refractivity contribution in [2.24, 2.45) is 5.92 Å². The van der Waals surface area contributed by atoms with Crippen LogP contribution in [0, 0.1) is 5.92 Å². The van der Waals surface area contributed by atoms with Gasteiger partial charge in [0.1, 0.15) is 0 Å². The third-order valence-corrected chi connectivity index (χ3v) is 4.39. The van der Waals surface area contributed by atoms with Gasteiger partial charge in [-0.15, -0.1) is 0 Å². The van der Waals surface area contributed by atoms with Crippen LogP contribution in [0.3, 0.4) is 0 Å². The summed E-state index contributed by atoms with van der Waals surface area (Å²) in [5.41, 5.74) is 1.13. The molecule has 5 heteroatoms. The predicted molar refractivity (Wildman–Crippen MR) is 74.0 cm³/mol. The molecule has 2 fully saturated rings. The standard InChI is InChI=1S/C14H22N4O/c19-14(12-4-2-1-3-5-12)18-8-6-17(7-9-18)13-10-15-16-11-13/h10-12H,1-9H2,(H,15,16). The summed E-state index contributed by atoms with van der Waals surface area (Å²) < 4.78 is 0. The summed E-state index contributed by atoms with van der Waals surface area (Å²) in [6.07, 6.45) is 9.72. The van der Waals surface area contributed by atoms with Crippen LogP contribution in [0.2, 0.25) is 0 Å². The molecule has 0 radical (unpaired) electrons. The molecule has 19 heavy (non-hydrogen) atoms. The van der Waals surface area contributed by atoms with Gasteiger partial charge in [0.25, 0.3) is 0 Å². The number of aromatic amines is 1. The summed E-state index contributed by atoms with van der Waals surface area (Å²) in [5, 5.41) is 6.82. The van der Waals surface area contributed by atoms with Crippen molar-refractivity contribution in [1.29, 1.82) is 0 Å². The largest absolute Gasteiger partial charge is 0.365 e. The van der Waals surface area contributed by atoms with Gasteiger partial charge in [-0.2, -0.15) is 5.10 Å². The van der Waals surface area contributed by atoms with Crippen LogP contribution in [-0.2, 0) is 4.79 Å². The number of hydrogen-bond donors (Lipinski definition) is 1. The van der Waals surface area contributed by atoms with Crippen molar-refractivity contribution >= 4 is 11.6 Å². The van der Waals surface area contributed by atoms with Gasteiger partial charge in [-0.1, -0.05) is 19.3 Å². The van der Waals surface area contributed by atoms with Crippen molar-refractivity contribution in [3.63, 3.8) is 0 Å². The lowest BCUT2D eigenvalue weighted by Gasteiger charge is -2.37. The SMILES string of the molecule is O=C(C1CCCCC1)N1CCN(c2cn[nH]c2)CC1. The fourth-order valence-corrected chi connectivity index (χ4v) is 3.21. The maximum atomic E-state index is 12.4. The number of anilines is 1. The first kappa shape index (κ1) is 12.5. The van der Waals surface area contributed by atoms with Crippen LogP contribution in [0.25, 0.3) is 0 Å². The lowest BCUT2D eigenvalue weighted by molar-refractivity contribution is -0.136. The number of carbonyl (C=O) groups is 1. The van der Waals surface area contributed by atoms with Crippen molar-refractivity contribution in [1.82, 2.24) is 15.1 Å². The number of nitrogens with one attached hydrogen (secondary N) is 1. The Morgan fingerprint density at radius 3 is 2.53 bits per heavy atom. The second-order valence-electron chi connectivity index (χ2n) is 5.60. The van der Waals surface area contributed by atoms with Gasteiger partial charge in [0, 0.05) is 38.3 Å². The Morgan fingerprint density at radius 1 is 1.16 bits per heavy atom. The average molecular weight is 262 g/mol. The molecule has 0 atom stereocenters. The van der Waals surface area contributed by atoms with E-state index in [4.69, 9.17) is 0 Å².